The van der Waals surface area contributed by atoms with E-state index in [1.165, 1.54) is 0 Å². The third kappa shape index (κ3) is 2.58. The fourth-order valence-electron chi connectivity index (χ4n) is 1.58. The molecule has 0 saturated heterocycles. The number of nitrogens with zero attached hydrogens (tertiary/aromatic N) is 1. The van der Waals surface area contributed by atoms with Gasteiger partial charge in [-0.2, -0.15) is 0 Å². The molecule has 0 aliphatic rings. The third-order valence-electron chi connectivity index (χ3n) is 2.54. The molecule has 0 spiro atoms. The van der Waals surface area contributed by atoms with E-state index in [9.17, 15) is 4.79 Å². The Bertz CT molecular complexity index is 484. The first-order valence-electron chi connectivity index (χ1n) is 5.57. The standard InChI is InChI=1S/C13H15NO3/c1-3-10-6-7-12(17-10)13(15)14(2)9-11-5-4-8-16-11/h4-8H,3,9H2,1-2H3. The van der Waals surface area contributed by atoms with Crippen molar-refractivity contribution in [3.05, 3.63) is 47.8 Å². The molecule has 0 N–H and O–H groups in total. The molecule has 0 bridgehead atoms. The average molecular weight is 233 g/mol. The average Bonchev–Trinajstić information content (AvgIpc) is 2.98. The van der Waals surface area contributed by atoms with Crippen molar-refractivity contribution in [1.29, 1.82) is 0 Å². The predicted molar refractivity (Wildman–Crippen MR) is 62.6 cm³/mol. The van der Waals surface area contributed by atoms with Crippen LogP contribution in [0.5, 0.6) is 0 Å². The Labute approximate surface area is 99.8 Å². The lowest BCUT2D eigenvalue weighted by Crippen LogP contribution is -2.25. The van der Waals surface area contributed by atoms with Gasteiger partial charge in [-0.3, -0.25) is 4.79 Å². The molecule has 2 heterocycles. The normalized spacial score (nSPS) is 10.5. The Morgan fingerprint density at radius 3 is 2.71 bits per heavy atom. The summed E-state index contributed by atoms with van der Waals surface area (Å²) in [5.41, 5.74) is 0. The number of hydrogen-bond donors (Lipinski definition) is 0. The summed E-state index contributed by atoms with van der Waals surface area (Å²) in [6.07, 6.45) is 2.38. The molecule has 0 fully saturated rings. The maximum atomic E-state index is 12.0. The van der Waals surface area contributed by atoms with Gasteiger partial charge in [0.15, 0.2) is 5.76 Å². The molecule has 2 aromatic rings. The van der Waals surface area contributed by atoms with E-state index in [-0.39, 0.29) is 5.91 Å². The molecule has 0 saturated carbocycles. The van der Waals surface area contributed by atoms with Gasteiger partial charge in [-0.25, -0.2) is 0 Å². The molecular weight excluding hydrogens is 218 g/mol. The highest BCUT2D eigenvalue weighted by Crippen LogP contribution is 2.12. The van der Waals surface area contributed by atoms with Gasteiger partial charge in [0, 0.05) is 13.5 Å². The van der Waals surface area contributed by atoms with E-state index in [0.717, 1.165) is 17.9 Å². The minimum Gasteiger partial charge on any atom is -0.467 e. The van der Waals surface area contributed by atoms with Crippen LogP contribution in [0.4, 0.5) is 0 Å². The second kappa shape index (κ2) is 4.91. The molecule has 0 unspecified atom stereocenters. The summed E-state index contributed by atoms with van der Waals surface area (Å²) >= 11 is 0. The summed E-state index contributed by atoms with van der Waals surface area (Å²) in [5, 5.41) is 0. The lowest BCUT2D eigenvalue weighted by atomic mass is 10.3. The van der Waals surface area contributed by atoms with Gasteiger partial charge >= 0.3 is 0 Å². The van der Waals surface area contributed by atoms with Gasteiger partial charge in [0.1, 0.15) is 11.5 Å². The van der Waals surface area contributed by atoms with Gasteiger partial charge in [0.05, 0.1) is 12.8 Å². The molecule has 0 aromatic carbocycles. The van der Waals surface area contributed by atoms with Gasteiger partial charge in [0.25, 0.3) is 5.91 Å². The number of amides is 1. The van der Waals surface area contributed by atoms with Crippen molar-refractivity contribution in [3.8, 4) is 0 Å². The van der Waals surface area contributed by atoms with E-state index in [1.807, 2.05) is 19.1 Å². The molecule has 4 nitrogen and oxygen atoms in total. The Morgan fingerprint density at radius 2 is 2.12 bits per heavy atom. The van der Waals surface area contributed by atoms with Gasteiger partial charge in [-0.15, -0.1) is 0 Å². The molecule has 1 amide bonds. The molecule has 0 atom stereocenters. The second-order valence-corrected chi connectivity index (χ2v) is 3.86. The Morgan fingerprint density at radius 1 is 1.29 bits per heavy atom. The van der Waals surface area contributed by atoms with Gasteiger partial charge < -0.3 is 13.7 Å². The molecular formula is C13H15NO3. The van der Waals surface area contributed by atoms with Crippen LogP contribution in [0.2, 0.25) is 0 Å². The molecule has 0 radical (unpaired) electrons. The minimum atomic E-state index is -0.138. The van der Waals surface area contributed by atoms with E-state index >= 15 is 0 Å². The van der Waals surface area contributed by atoms with Crippen molar-refractivity contribution < 1.29 is 13.6 Å². The van der Waals surface area contributed by atoms with Crippen LogP contribution in [0.3, 0.4) is 0 Å². The van der Waals surface area contributed by atoms with Crippen molar-refractivity contribution in [1.82, 2.24) is 4.90 Å². The smallest absolute Gasteiger partial charge is 0.289 e. The number of hydrogen-bond acceptors (Lipinski definition) is 3. The maximum Gasteiger partial charge on any atom is 0.289 e. The van der Waals surface area contributed by atoms with Gasteiger partial charge in [-0.1, -0.05) is 6.92 Å². The lowest BCUT2D eigenvalue weighted by Gasteiger charge is -2.13. The summed E-state index contributed by atoms with van der Waals surface area (Å²) in [6.45, 7) is 2.42. The highest BCUT2D eigenvalue weighted by Gasteiger charge is 2.16. The predicted octanol–water partition coefficient (Wildman–Crippen LogP) is 2.71. The summed E-state index contributed by atoms with van der Waals surface area (Å²) in [6, 6.07) is 7.17. The van der Waals surface area contributed by atoms with Crippen molar-refractivity contribution in [2.75, 3.05) is 7.05 Å². The quantitative estimate of drug-likeness (QED) is 0.815. The zero-order chi connectivity index (χ0) is 12.3. The number of carbonyl (C=O) groups excluding carboxylic acids is 1. The van der Waals surface area contributed by atoms with Crippen LogP contribution in [-0.2, 0) is 13.0 Å². The monoisotopic (exact) mass is 233 g/mol. The molecule has 0 aliphatic carbocycles. The largest absolute Gasteiger partial charge is 0.467 e. The van der Waals surface area contributed by atoms with Crippen LogP contribution < -0.4 is 0 Å². The highest BCUT2D eigenvalue weighted by molar-refractivity contribution is 5.91. The van der Waals surface area contributed by atoms with Crippen molar-refractivity contribution in [3.63, 3.8) is 0 Å². The Kier molecular flexibility index (Phi) is 3.32. The summed E-state index contributed by atoms with van der Waals surface area (Å²) in [7, 11) is 1.72. The fraction of sp³-hybridized carbons (Fsp3) is 0.308. The van der Waals surface area contributed by atoms with E-state index in [0.29, 0.717) is 12.3 Å². The number of furan rings is 2. The van der Waals surface area contributed by atoms with Gasteiger partial charge in [-0.05, 0) is 24.3 Å². The van der Waals surface area contributed by atoms with E-state index in [1.54, 1.807) is 30.3 Å². The first kappa shape index (κ1) is 11.5. The molecule has 4 heteroatoms. The topological polar surface area (TPSA) is 46.6 Å². The lowest BCUT2D eigenvalue weighted by molar-refractivity contribution is 0.0742. The minimum absolute atomic E-state index is 0.138. The number of aryl methyl sites for hydroxylation is 1. The van der Waals surface area contributed by atoms with E-state index in [4.69, 9.17) is 8.83 Å². The van der Waals surface area contributed by atoms with Crippen LogP contribution in [0.25, 0.3) is 0 Å². The maximum absolute atomic E-state index is 12.0. The molecule has 2 aromatic heterocycles. The van der Waals surface area contributed by atoms with E-state index in [2.05, 4.69) is 0 Å². The first-order chi connectivity index (χ1) is 8.20. The highest BCUT2D eigenvalue weighted by atomic mass is 16.4. The van der Waals surface area contributed by atoms with Gasteiger partial charge in [0.2, 0.25) is 0 Å². The van der Waals surface area contributed by atoms with Crippen molar-refractivity contribution in [2.24, 2.45) is 0 Å². The number of rotatable bonds is 4. The Balaban J connectivity index is 2.04. The SMILES string of the molecule is CCc1ccc(C(=O)N(C)Cc2ccco2)o1. The zero-order valence-electron chi connectivity index (χ0n) is 9.97. The van der Waals surface area contributed by atoms with Crippen LogP contribution in [0, 0.1) is 0 Å². The Hall–Kier alpha value is -1.97. The number of carbonyl (C=O) groups is 1. The molecule has 90 valence electrons. The summed E-state index contributed by atoms with van der Waals surface area (Å²) < 4.78 is 10.6. The fourth-order valence-corrected chi connectivity index (χ4v) is 1.58. The van der Waals surface area contributed by atoms with E-state index < -0.39 is 0 Å². The summed E-state index contributed by atoms with van der Waals surface area (Å²) in [4.78, 5) is 13.6. The van der Waals surface area contributed by atoms with Crippen LogP contribution in [0.15, 0.2) is 39.4 Å². The molecule has 17 heavy (non-hydrogen) atoms. The van der Waals surface area contributed by atoms with Crippen LogP contribution in [-0.4, -0.2) is 17.9 Å². The van der Waals surface area contributed by atoms with Crippen molar-refractivity contribution in [2.45, 2.75) is 19.9 Å². The second-order valence-electron chi connectivity index (χ2n) is 3.86. The third-order valence-corrected chi connectivity index (χ3v) is 2.54. The first-order valence-corrected chi connectivity index (χ1v) is 5.57. The van der Waals surface area contributed by atoms with Crippen LogP contribution >= 0.6 is 0 Å². The molecule has 2 rings (SSSR count). The summed E-state index contributed by atoms with van der Waals surface area (Å²) in [5.74, 6) is 1.81. The molecule has 0 aliphatic heterocycles. The zero-order valence-corrected chi connectivity index (χ0v) is 9.97. The van der Waals surface area contributed by atoms with Crippen molar-refractivity contribution >= 4 is 5.91 Å². The van der Waals surface area contributed by atoms with Crippen LogP contribution in [0.1, 0.15) is 29.0 Å².